The third kappa shape index (κ3) is 5.29. The fourth-order valence-electron chi connectivity index (χ4n) is 2.06. The molecule has 0 bridgehead atoms. The van der Waals surface area contributed by atoms with Crippen molar-refractivity contribution in [2.75, 3.05) is 20.3 Å². The number of hydrogen-bond donors (Lipinski definition) is 2. The van der Waals surface area contributed by atoms with Crippen LogP contribution in [0.4, 0.5) is 0 Å². The van der Waals surface area contributed by atoms with Gasteiger partial charge in [-0.15, -0.1) is 0 Å². The molecule has 0 fully saturated rings. The molecule has 0 saturated heterocycles. The lowest BCUT2D eigenvalue weighted by Crippen LogP contribution is -2.17. The van der Waals surface area contributed by atoms with E-state index in [1.807, 2.05) is 36.4 Å². The molecule has 23 heavy (non-hydrogen) atoms. The van der Waals surface area contributed by atoms with Crippen LogP contribution in [0, 0.1) is 0 Å². The highest BCUT2D eigenvalue weighted by atomic mass is 35.5. The van der Waals surface area contributed by atoms with Crippen LogP contribution in [0.25, 0.3) is 0 Å². The van der Waals surface area contributed by atoms with E-state index in [0.717, 1.165) is 11.1 Å². The Morgan fingerprint density at radius 3 is 2.48 bits per heavy atom. The lowest BCUT2D eigenvalue weighted by Gasteiger charge is -2.14. The van der Waals surface area contributed by atoms with Crippen LogP contribution >= 0.6 is 23.2 Å². The Bertz CT molecular complexity index is 632. The largest absolute Gasteiger partial charge is 0.493 e. The minimum atomic E-state index is 0.0904. The maximum Gasteiger partial charge on any atom is 0.180 e. The number of rotatable bonds is 8. The molecule has 0 spiro atoms. The van der Waals surface area contributed by atoms with Crippen molar-refractivity contribution >= 4 is 23.2 Å². The second kappa shape index (κ2) is 8.99. The topological polar surface area (TPSA) is 50.7 Å². The van der Waals surface area contributed by atoms with Crippen LogP contribution in [0.1, 0.15) is 11.1 Å². The molecule has 0 radical (unpaired) electrons. The third-order valence-electron chi connectivity index (χ3n) is 3.20. The highest BCUT2D eigenvalue weighted by molar-refractivity contribution is 6.32. The molecule has 2 aromatic carbocycles. The Hall–Kier alpha value is -1.46. The zero-order chi connectivity index (χ0) is 16.7. The van der Waals surface area contributed by atoms with Crippen molar-refractivity contribution in [1.82, 2.24) is 5.32 Å². The van der Waals surface area contributed by atoms with Crippen LogP contribution in [-0.4, -0.2) is 25.4 Å². The zero-order valence-corrected chi connectivity index (χ0v) is 14.3. The molecule has 124 valence electrons. The summed E-state index contributed by atoms with van der Waals surface area (Å²) in [6.07, 6.45) is 0. The van der Waals surface area contributed by atoms with Gasteiger partial charge < -0.3 is 19.9 Å². The van der Waals surface area contributed by atoms with E-state index in [1.54, 1.807) is 7.11 Å². The summed E-state index contributed by atoms with van der Waals surface area (Å²) in [7, 11) is 1.58. The van der Waals surface area contributed by atoms with E-state index in [0.29, 0.717) is 41.2 Å². The Morgan fingerprint density at radius 2 is 1.83 bits per heavy atom. The fourth-order valence-corrected chi connectivity index (χ4v) is 2.48. The summed E-state index contributed by atoms with van der Waals surface area (Å²) in [5.41, 5.74) is 1.94. The number of hydrogen-bond acceptors (Lipinski definition) is 4. The third-order valence-corrected chi connectivity index (χ3v) is 3.74. The molecule has 0 aliphatic carbocycles. The number of ether oxygens (including phenoxy) is 2. The van der Waals surface area contributed by atoms with Crippen LogP contribution in [0.3, 0.4) is 0 Å². The summed E-state index contributed by atoms with van der Waals surface area (Å²) >= 11 is 12.2. The minimum Gasteiger partial charge on any atom is -0.493 e. The highest BCUT2D eigenvalue weighted by Crippen LogP contribution is 2.37. The van der Waals surface area contributed by atoms with Gasteiger partial charge in [0.1, 0.15) is 6.61 Å². The smallest absolute Gasteiger partial charge is 0.180 e. The van der Waals surface area contributed by atoms with E-state index in [2.05, 4.69) is 5.32 Å². The average molecular weight is 356 g/mol. The van der Waals surface area contributed by atoms with Crippen molar-refractivity contribution in [3.63, 3.8) is 0 Å². The van der Waals surface area contributed by atoms with Crippen molar-refractivity contribution in [2.45, 2.75) is 13.2 Å². The van der Waals surface area contributed by atoms with E-state index >= 15 is 0 Å². The Kier molecular flexibility index (Phi) is 6.99. The van der Waals surface area contributed by atoms with Crippen molar-refractivity contribution in [2.24, 2.45) is 0 Å². The highest BCUT2D eigenvalue weighted by Gasteiger charge is 2.12. The average Bonchev–Trinajstić information content (AvgIpc) is 2.55. The van der Waals surface area contributed by atoms with Gasteiger partial charge in [0.05, 0.1) is 18.7 Å². The quantitative estimate of drug-likeness (QED) is 0.709. The number of methoxy groups -OCH3 is 1. The van der Waals surface area contributed by atoms with Crippen molar-refractivity contribution < 1.29 is 14.6 Å². The molecule has 0 atom stereocenters. The van der Waals surface area contributed by atoms with Crippen LogP contribution in [0.5, 0.6) is 11.5 Å². The maximum atomic E-state index is 8.80. The van der Waals surface area contributed by atoms with Gasteiger partial charge in [0, 0.05) is 18.1 Å². The first kappa shape index (κ1) is 17.9. The van der Waals surface area contributed by atoms with Crippen LogP contribution in [-0.2, 0) is 13.2 Å². The molecule has 0 unspecified atom stereocenters. The van der Waals surface area contributed by atoms with Gasteiger partial charge in [-0.25, -0.2) is 0 Å². The van der Waals surface area contributed by atoms with Crippen molar-refractivity contribution in [3.8, 4) is 11.5 Å². The molecular formula is C17H19Cl2NO3. The molecule has 0 aromatic heterocycles. The lowest BCUT2D eigenvalue weighted by molar-refractivity contribution is 0.284. The number of halogens is 2. The molecule has 6 heteroatoms. The normalized spacial score (nSPS) is 10.6. The van der Waals surface area contributed by atoms with Gasteiger partial charge in [0.15, 0.2) is 11.5 Å². The summed E-state index contributed by atoms with van der Waals surface area (Å²) in [5, 5.41) is 13.1. The predicted molar refractivity (Wildman–Crippen MR) is 92.6 cm³/mol. The Morgan fingerprint density at radius 1 is 1.09 bits per heavy atom. The fraction of sp³-hybridized carbons (Fsp3) is 0.294. The van der Waals surface area contributed by atoms with Crippen molar-refractivity contribution in [3.05, 3.63) is 57.6 Å². The summed E-state index contributed by atoms with van der Waals surface area (Å²) in [6.45, 7) is 1.57. The summed E-state index contributed by atoms with van der Waals surface area (Å²) in [4.78, 5) is 0. The molecule has 0 heterocycles. The van der Waals surface area contributed by atoms with Gasteiger partial charge >= 0.3 is 0 Å². The number of aliphatic hydroxyl groups is 1. The molecule has 2 aromatic rings. The Balaban J connectivity index is 2.09. The SMILES string of the molecule is COc1cc(CNCCO)cc(Cl)c1OCc1ccc(Cl)cc1. The predicted octanol–water partition coefficient (Wildman–Crippen LogP) is 3.66. The van der Waals surface area contributed by atoms with Gasteiger partial charge in [-0.05, 0) is 35.4 Å². The summed E-state index contributed by atoms with van der Waals surface area (Å²) < 4.78 is 11.2. The summed E-state index contributed by atoms with van der Waals surface area (Å²) in [5.74, 6) is 1.09. The van der Waals surface area contributed by atoms with Gasteiger partial charge in [-0.2, -0.15) is 0 Å². The van der Waals surface area contributed by atoms with E-state index in [9.17, 15) is 0 Å². The van der Waals surface area contributed by atoms with E-state index in [-0.39, 0.29) is 6.61 Å². The lowest BCUT2D eigenvalue weighted by atomic mass is 10.2. The van der Waals surface area contributed by atoms with E-state index < -0.39 is 0 Å². The first-order valence-corrected chi connectivity index (χ1v) is 7.95. The first-order chi connectivity index (χ1) is 11.1. The number of aliphatic hydroxyl groups excluding tert-OH is 1. The van der Waals surface area contributed by atoms with Gasteiger partial charge in [0.25, 0.3) is 0 Å². The Labute approximate surface area is 145 Å². The molecule has 0 amide bonds. The van der Waals surface area contributed by atoms with Crippen LogP contribution in [0.15, 0.2) is 36.4 Å². The second-order valence-corrected chi connectivity index (χ2v) is 5.77. The first-order valence-electron chi connectivity index (χ1n) is 7.19. The standard InChI is InChI=1S/C17H19Cl2NO3/c1-22-16-9-13(10-20-6-7-21)8-15(19)17(16)23-11-12-2-4-14(18)5-3-12/h2-5,8-9,20-21H,6-7,10-11H2,1H3. The van der Waals surface area contributed by atoms with Gasteiger partial charge in [0.2, 0.25) is 0 Å². The molecule has 0 saturated carbocycles. The maximum absolute atomic E-state index is 8.80. The molecular weight excluding hydrogens is 337 g/mol. The van der Waals surface area contributed by atoms with E-state index in [4.69, 9.17) is 37.8 Å². The molecule has 4 nitrogen and oxygen atoms in total. The van der Waals surface area contributed by atoms with Crippen LogP contribution < -0.4 is 14.8 Å². The molecule has 0 aliphatic heterocycles. The molecule has 2 rings (SSSR count). The van der Waals surface area contributed by atoms with Crippen molar-refractivity contribution in [1.29, 1.82) is 0 Å². The van der Waals surface area contributed by atoms with E-state index in [1.165, 1.54) is 0 Å². The minimum absolute atomic E-state index is 0.0904. The second-order valence-electron chi connectivity index (χ2n) is 4.92. The number of nitrogens with one attached hydrogen (secondary N) is 1. The summed E-state index contributed by atoms with van der Waals surface area (Å²) in [6, 6.07) is 11.1. The molecule has 0 aliphatic rings. The molecule has 2 N–H and O–H groups in total. The van der Waals surface area contributed by atoms with Gasteiger partial charge in [-0.1, -0.05) is 35.3 Å². The van der Waals surface area contributed by atoms with Crippen LogP contribution in [0.2, 0.25) is 10.0 Å². The van der Waals surface area contributed by atoms with Gasteiger partial charge in [-0.3, -0.25) is 0 Å². The zero-order valence-electron chi connectivity index (χ0n) is 12.8. The number of benzene rings is 2. The monoisotopic (exact) mass is 355 g/mol.